The van der Waals surface area contributed by atoms with E-state index in [4.69, 9.17) is 61.0 Å². The number of aliphatic hydroxyl groups is 1. The number of aliphatic hydroxyl groups excluding tert-OH is 1. The molecular weight excluding hydrogens is 635 g/mol. The molecule has 2 aromatic carbocycles. The normalized spacial score (nSPS) is 9.37. The van der Waals surface area contributed by atoms with Gasteiger partial charge in [-0.3, -0.25) is 15.4 Å². The molecule has 0 unspecified atom stereocenters. The van der Waals surface area contributed by atoms with E-state index in [1.807, 2.05) is 0 Å². The van der Waals surface area contributed by atoms with Gasteiger partial charge >= 0.3 is 23.0 Å². The number of rotatable bonds is 7. The molecule has 2 rings (SSSR count). The molecule has 0 saturated carbocycles. The van der Waals surface area contributed by atoms with Gasteiger partial charge in [0.2, 0.25) is 0 Å². The molecule has 11 nitrogen and oxygen atoms in total. The minimum Gasteiger partial charge on any atom is -0.447 e. The molecule has 0 heterocycles. The van der Waals surface area contributed by atoms with Crippen molar-refractivity contribution in [2.75, 3.05) is 44.1 Å². The van der Waals surface area contributed by atoms with Crippen molar-refractivity contribution in [1.29, 1.82) is 0 Å². The van der Waals surface area contributed by atoms with Gasteiger partial charge in [-0.25, -0.2) is 14.4 Å². The van der Waals surface area contributed by atoms with Crippen LogP contribution in [0.25, 0.3) is 0 Å². The molecule has 0 aliphatic heterocycles. The van der Waals surface area contributed by atoms with Crippen LogP contribution >= 0.6 is 69.6 Å². The zero-order valence-corrected chi connectivity index (χ0v) is 23.9. The Balaban J connectivity index is 0.000000644. The molecule has 2 aromatic rings. The third kappa shape index (κ3) is 18.0. The fourth-order valence-corrected chi connectivity index (χ4v) is 2.53. The largest absolute Gasteiger partial charge is 0.447 e. The average molecular weight is 656 g/mol. The fourth-order valence-electron chi connectivity index (χ4n) is 1.93. The maximum Gasteiger partial charge on any atom is 0.411 e. The number of halogens is 6. The van der Waals surface area contributed by atoms with Crippen LogP contribution in [0.3, 0.4) is 0 Å². The maximum absolute atomic E-state index is 11.4. The molecule has 0 bridgehead atoms. The van der Waals surface area contributed by atoms with E-state index in [9.17, 15) is 14.4 Å². The lowest BCUT2D eigenvalue weighted by atomic mass is 10.3. The fraction of sp³-hybridized carbons (Fsp3) is 0.238. The van der Waals surface area contributed by atoms with Crippen molar-refractivity contribution in [3.8, 4) is 0 Å². The molecule has 0 atom stereocenters. The van der Waals surface area contributed by atoms with Crippen LogP contribution in [0.4, 0.5) is 30.6 Å². The van der Waals surface area contributed by atoms with Crippen molar-refractivity contribution in [3.05, 3.63) is 56.5 Å². The number of hydrogen-bond acceptors (Lipinski definition) is 8. The molecule has 0 saturated heterocycles. The third-order valence-corrected chi connectivity index (χ3v) is 4.89. The molecule has 0 aliphatic carbocycles. The van der Waals surface area contributed by atoms with Crippen LogP contribution in [-0.4, -0.2) is 61.6 Å². The summed E-state index contributed by atoms with van der Waals surface area (Å²) in [5.74, 6) is 0. The molecule has 17 heteroatoms. The Hall–Kier alpha value is -2.38. The number of anilines is 2. The first-order valence-electron chi connectivity index (χ1n) is 9.97. The Morgan fingerprint density at radius 2 is 1.05 bits per heavy atom. The topological polar surface area (TPSA) is 152 Å². The van der Waals surface area contributed by atoms with Crippen molar-refractivity contribution in [2.24, 2.45) is 0 Å². The molecule has 4 N–H and O–H groups in total. The molecule has 0 spiro atoms. The summed E-state index contributed by atoms with van der Waals surface area (Å²) in [7, 11) is 1.43. The van der Waals surface area contributed by atoms with Gasteiger partial charge in [-0.15, -0.1) is 0 Å². The number of carbonyl (C=O) groups excluding carboxylic acids is 4. The van der Waals surface area contributed by atoms with Gasteiger partial charge in [-0.2, -0.15) is 0 Å². The summed E-state index contributed by atoms with van der Waals surface area (Å²) in [6.45, 7) is -0.350. The molecule has 3 amide bonds. The lowest BCUT2D eigenvalue weighted by Crippen LogP contribution is -2.23. The Morgan fingerprint density at radius 3 is 1.39 bits per heavy atom. The van der Waals surface area contributed by atoms with Crippen molar-refractivity contribution in [2.45, 2.75) is 0 Å². The molecular formula is C21H21Cl6N3O8. The van der Waals surface area contributed by atoms with Crippen LogP contribution in [0.1, 0.15) is 0 Å². The number of ether oxygens (including phenoxy) is 3. The van der Waals surface area contributed by atoms with Crippen molar-refractivity contribution in [3.63, 3.8) is 0 Å². The predicted molar refractivity (Wildman–Crippen MR) is 147 cm³/mol. The van der Waals surface area contributed by atoms with E-state index in [1.54, 1.807) is 24.3 Å². The Bertz CT molecular complexity index is 1070. The Morgan fingerprint density at radius 1 is 0.684 bits per heavy atom. The van der Waals surface area contributed by atoms with Gasteiger partial charge in [-0.1, -0.05) is 46.4 Å². The predicted octanol–water partition coefficient (Wildman–Crippen LogP) is 7.02. The number of nitrogens with one attached hydrogen (secondary N) is 3. The lowest BCUT2D eigenvalue weighted by Gasteiger charge is -2.08. The zero-order valence-electron chi connectivity index (χ0n) is 19.4. The zero-order chi connectivity index (χ0) is 29.1. The number of benzene rings is 2. The summed E-state index contributed by atoms with van der Waals surface area (Å²) in [4.78, 5) is 42.1. The van der Waals surface area contributed by atoms with E-state index in [-0.39, 0.29) is 26.4 Å². The van der Waals surface area contributed by atoms with Crippen molar-refractivity contribution in [1.82, 2.24) is 5.32 Å². The van der Waals surface area contributed by atoms with Crippen LogP contribution in [0.15, 0.2) is 36.4 Å². The van der Waals surface area contributed by atoms with Gasteiger partial charge in [0.25, 0.3) is 0 Å². The highest BCUT2D eigenvalue weighted by atomic mass is 35.5. The second-order valence-electron chi connectivity index (χ2n) is 6.11. The van der Waals surface area contributed by atoms with Gasteiger partial charge in [0.05, 0.1) is 26.7 Å². The summed E-state index contributed by atoms with van der Waals surface area (Å²) in [6, 6.07) is 9.28. The Kier molecular flexibility index (Phi) is 19.3. The maximum atomic E-state index is 11.4. The second kappa shape index (κ2) is 20.6. The Labute approximate surface area is 247 Å². The standard InChI is InChI=1S/C11H12Cl2N2O4.C9H9Cl2NO3.CCl2O/c1-14-10(16)18-4-5-19-11(17)15-7-2-3-8(12)9(13)6-7;10-7-2-1-6(5-8(7)11)12-9(14)15-4-3-13;2-1(3)4/h2-3,6H,4-5H2,1H3,(H,14,16)(H,15,17);1-2,5,13H,3-4H2,(H,12,14);. The summed E-state index contributed by atoms with van der Waals surface area (Å²) in [5.41, 5.74) is 0.930. The van der Waals surface area contributed by atoms with E-state index < -0.39 is 23.0 Å². The van der Waals surface area contributed by atoms with E-state index in [2.05, 4.69) is 48.6 Å². The average Bonchev–Trinajstić information content (AvgIpc) is 2.85. The first-order valence-corrected chi connectivity index (χ1v) is 12.2. The minimum absolute atomic E-state index is 0.0333. The molecule has 0 radical (unpaired) electrons. The summed E-state index contributed by atoms with van der Waals surface area (Å²) in [5, 5.41) is 17.0. The number of carbonyl (C=O) groups is 4. The van der Waals surface area contributed by atoms with Gasteiger partial charge in [0.1, 0.15) is 19.8 Å². The van der Waals surface area contributed by atoms with Crippen LogP contribution in [0, 0.1) is 0 Å². The lowest BCUT2D eigenvalue weighted by molar-refractivity contribution is 0.103. The monoisotopic (exact) mass is 653 g/mol. The summed E-state index contributed by atoms with van der Waals surface area (Å²) < 4.78 is 13.1. The third-order valence-electron chi connectivity index (χ3n) is 3.41. The minimum atomic E-state index is -0.889. The van der Waals surface area contributed by atoms with E-state index >= 15 is 0 Å². The molecule has 0 fully saturated rings. The van der Waals surface area contributed by atoms with Crippen LogP contribution in [0.2, 0.25) is 20.1 Å². The number of hydrogen-bond donors (Lipinski definition) is 4. The summed E-state index contributed by atoms with van der Waals surface area (Å²) in [6.07, 6.45) is -1.92. The smallest absolute Gasteiger partial charge is 0.411 e. The highest BCUT2D eigenvalue weighted by molar-refractivity contribution is 6.93. The van der Waals surface area contributed by atoms with E-state index in [0.717, 1.165) is 0 Å². The van der Waals surface area contributed by atoms with Crippen molar-refractivity contribution >= 4 is 104 Å². The first kappa shape index (κ1) is 35.6. The first-order chi connectivity index (χ1) is 17.9. The van der Waals surface area contributed by atoms with Gasteiger partial charge in [0.15, 0.2) is 0 Å². The van der Waals surface area contributed by atoms with Crippen LogP contribution in [-0.2, 0) is 14.2 Å². The van der Waals surface area contributed by atoms with Crippen LogP contribution in [0.5, 0.6) is 0 Å². The van der Waals surface area contributed by atoms with Gasteiger partial charge in [-0.05, 0) is 59.6 Å². The molecule has 0 aliphatic rings. The highest BCUT2D eigenvalue weighted by Gasteiger charge is 2.06. The number of alkyl carbamates (subject to hydrolysis) is 1. The van der Waals surface area contributed by atoms with Crippen LogP contribution < -0.4 is 16.0 Å². The number of amides is 3. The second-order valence-corrected chi connectivity index (χ2v) is 8.62. The highest BCUT2D eigenvalue weighted by Crippen LogP contribution is 2.25. The van der Waals surface area contributed by atoms with Gasteiger partial charge < -0.3 is 24.6 Å². The molecule has 210 valence electrons. The molecule has 38 heavy (non-hydrogen) atoms. The van der Waals surface area contributed by atoms with E-state index in [1.165, 1.54) is 19.2 Å². The SMILES string of the molecule is CNC(=O)OCCOC(=O)Nc1ccc(Cl)c(Cl)c1.O=C(Cl)Cl.O=C(Nc1ccc(Cl)c(Cl)c1)OCCO. The summed E-state index contributed by atoms with van der Waals surface area (Å²) >= 11 is 31.8. The van der Waals surface area contributed by atoms with E-state index in [0.29, 0.717) is 31.5 Å². The van der Waals surface area contributed by atoms with Crippen molar-refractivity contribution < 1.29 is 38.5 Å². The molecule has 0 aromatic heterocycles. The quantitative estimate of drug-likeness (QED) is 0.141. The van der Waals surface area contributed by atoms with Gasteiger partial charge in [0, 0.05) is 18.4 Å².